The zero-order valence-corrected chi connectivity index (χ0v) is 33.5. The van der Waals surface area contributed by atoms with Crippen LogP contribution >= 0.6 is 0 Å². The Balaban J connectivity index is 0.00000285. The van der Waals surface area contributed by atoms with Gasteiger partial charge in [-0.3, -0.25) is 0 Å². The van der Waals surface area contributed by atoms with Crippen molar-refractivity contribution in [3.05, 3.63) is 188 Å². The van der Waals surface area contributed by atoms with E-state index in [0.717, 1.165) is 53.7 Å². The molecule has 1 N–H and O–H groups in total. The second kappa shape index (κ2) is 19.8. The maximum atomic E-state index is 3.40. The summed E-state index contributed by atoms with van der Waals surface area (Å²) in [6, 6.07) is 42.1. The van der Waals surface area contributed by atoms with Crippen LogP contribution in [-0.4, -0.2) is 24.7 Å². The molecule has 1 heterocycles. The molecule has 5 aromatic carbocycles. The van der Waals surface area contributed by atoms with E-state index in [0.29, 0.717) is 0 Å². The van der Waals surface area contributed by atoms with Crippen molar-refractivity contribution in [2.24, 2.45) is 0 Å². The van der Waals surface area contributed by atoms with Crippen molar-refractivity contribution >= 4 is 62.0 Å². The Morgan fingerprint density at radius 3 is 2.04 bits per heavy atom. The topological polar surface area (TPSA) is 23.4 Å². The van der Waals surface area contributed by atoms with Crippen molar-refractivity contribution in [1.82, 2.24) is 9.88 Å². The van der Waals surface area contributed by atoms with Crippen LogP contribution in [0.2, 0.25) is 0 Å². The summed E-state index contributed by atoms with van der Waals surface area (Å²) >= 11 is 0. The summed E-state index contributed by atoms with van der Waals surface area (Å²) in [5.74, 6) is 0. The summed E-state index contributed by atoms with van der Waals surface area (Å²) in [6.07, 6.45) is 18.3. The lowest BCUT2D eigenvalue weighted by Crippen LogP contribution is -2.29. The molecular formula is C51H56N4. The number of allylic oxidation sites excluding steroid dienone is 8. The molecule has 280 valence electrons. The third-order valence-electron chi connectivity index (χ3n) is 9.73. The fourth-order valence-corrected chi connectivity index (χ4v) is 7.21. The Kier molecular flexibility index (Phi) is 14.5. The Hall–Kier alpha value is -6.10. The summed E-state index contributed by atoms with van der Waals surface area (Å²) in [7, 11) is 2.02. The predicted octanol–water partition coefficient (Wildman–Crippen LogP) is 13.7. The first-order valence-electron chi connectivity index (χ1n) is 19.4. The van der Waals surface area contributed by atoms with Gasteiger partial charge in [-0.25, -0.2) is 0 Å². The number of benzene rings is 5. The van der Waals surface area contributed by atoms with E-state index in [1.165, 1.54) is 38.5 Å². The maximum Gasteiger partial charge on any atom is 0.0541 e. The lowest BCUT2D eigenvalue weighted by atomic mass is 10.0. The van der Waals surface area contributed by atoms with Crippen LogP contribution in [0.15, 0.2) is 171 Å². The highest BCUT2D eigenvalue weighted by Gasteiger charge is 2.19. The van der Waals surface area contributed by atoms with Crippen molar-refractivity contribution < 1.29 is 0 Å². The number of hydrogen-bond acceptors (Lipinski definition) is 3. The lowest BCUT2D eigenvalue weighted by molar-refractivity contribution is 0.786. The van der Waals surface area contributed by atoms with Crippen LogP contribution in [0.1, 0.15) is 51.3 Å². The Morgan fingerprint density at radius 1 is 0.691 bits per heavy atom. The quantitative estimate of drug-likeness (QED) is 0.0894. The number of aromatic nitrogens is 1. The van der Waals surface area contributed by atoms with Gasteiger partial charge >= 0.3 is 0 Å². The summed E-state index contributed by atoms with van der Waals surface area (Å²) in [5, 5.41) is 5.88. The van der Waals surface area contributed by atoms with E-state index < -0.39 is 0 Å². The van der Waals surface area contributed by atoms with E-state index in [9.17, 15) is 0 Å². The minimum Gasteiger partial charge on any atom is -0.340 e. The highest BCUT2D eigenvalue weighted by Crippen LogP contribution is 2.39. The molecule has 55 heavy (non-hydrogen) atoms. The molecule has 0 aliphatic rings. The second-order valence-electron chi connectivity index (χ2n) is 13.1. The van der Waals surface area contributed by atoms with Crippen molar-refractivity contribution in [2.75, 3.05) is 29.9 Å². The second-order valence-corrected chi connectivity index (χ2v) is 13.1. The van der Waals surface area contributed by atoms with Gasteiger partial charge in [0.25, 0.3) is 0 Å². The summed E-state index contributed by atoms with van der Waals surface area (Å²) < 4.78 is 2.37. The van der Waals surface area contributed by atoms with Gasteiger partial charge in [0.05, 0.1) is 11.0 Å². The first-order valence-corrected chi connectivity index (χ1v) is 19.4. The minimum absolute atomic E-state index is 0.802. The number of hydrogen-bond donors (Lipinski definition) is 1. The molecule has 0 aliphatic heterocycles. The predicted molar refractivity (Wildman–Crippen MR) is 245 cm³/mol. The molecule has 0 bridgehead atoms. The molecule has 0 unspecified atom stereocenters. The Labute approximate surface area is 329 Å². The van der Waals surface area contributed by atoms with Crippen LogP contribution in [-0.2, 0) is 6.42 Å². The normalized spacial score (nSPS) is 12.3. The molecule has 0 saturated heterocycles. The van der Waals surface area contributed by atoms with Crippen molar-refractivity contribution in [2.45, 2.75) is 41.0 Å². The number of anilines is 4. The van der Waals surface area contributed by atoms with E-state index in [1.807, 2.05) is 7.05 Å². The molecule has 0 fully saturated rings. The van der Waals surface area contributed by atoms with Crippen LogP contribution in [0, 0.1) is 0 Å². The van der Waals surface area contributed by atoms with Gasteiger partial charge in [-0.05, 0) is 137 Å². The highest BCUT2D eigenvalue weighted by atomic mass is 15.2. The molecule has 0 spiro atoms. The van der Waals surface area contributed by atoms with E-state index in [-0.39, 0.29) is 0 Å². The van der Waals surface area contributed by atoms with Gasteiger partial charge in [0.15, 0.2) is 0 Å². The molecule has 0 atom stereocenters. The number of fused-ring (bicyclic) bond motifs is 3. The first kappa shape index (κ1) is 40.1. The Bertz CT molecular complexity index is 2320. The molecular weight excluding hydrogens is 669 g/mol. The monoisotopic (exact) mass is 724 g/mol. The van der Waals surface area contributed by atoms with E-state index in [2.05, 4.69) is 231 Å². The first-order chi connectivity index (χ1) is 27.1. The zero-order chi connectivity index (χ0) is 39.2. The molecule has 6 rings (SSSR count). The van der Waals surface area contributed by atoms with Gasteiger partial charge in [0, 0.05) is 58.0 Å². The number of rotatable bonds is 14. The summed E-state index contributed by atoms with van der Waals surface area (Å²) in [6.45, 7) is 18.2. The van der Waals surface area contributed by atoms with Crippen LogP contribution < -0.4 is 15.1 Å². The third kappa shape index (κ3) is 8.83. The van der Waals surface area contributed by atoms with Crippen LogP contribution in [0.25, 0.3) is 39.3 Å². The molecule has 4 nitrogen and oxygen atoms in total. The van der Waals surface area contributed by atoms with Crippen LogP contribution in [0.4, 0.5) is 22.7 Å². The van der Waals surface area contributed by atoms with E-state index in [4.69, 9.17) is 0 Å². The zero-order valence-electron chi connectivity index (χ0n) is 33.5. The summed E-state index contributed by atoms with van der Waals surface area (Å²) in [4.78, 5) is 4.78. The van der Waals surface area contributed by atoms with E-state index >= 15 is 0 Å². The van der Waals surface area contributed by atoms with Crippen molar-refractivity contribution in [3.8, 4) is 0 Å². The molecule has 4 heteroatoms. The minimum atomic E-state index is 0.802. The number of para-hydroxylation sites is 2. The number of nitrogens with zero attached hydrogens (tertiary/aromatic N) is 3. The third-order valence-corrected chi connectivity index (χ3v) is 9.73. The molecule has 0 radical (unpaired) electrons. The number of nitrogens with one attached hydrogen (secondary N) is 1. The highest BCUT2D eigenvalue weighted by molar-refractivity contribution is 6.11. The molecule has 0 aliphatic carbocycles. The fourth-order valence-electron chi connectivity index (χ4n) is 7.21. The standard InChI is InChI=1S/C49H52N4.C2H4/c1-7-12-23-47(39-26-32-49-46(36-39)45-22-16-17-24-48(45)53(49)40(11-5)19-9-3)51(34-33-50-6)41-28-30-43(31-29-41)52(42-20-14-13-15-21-42)44-27-25-37(10-4)38(35-44)18-8-2;1-2/h7-9,11-32,35-36,50H,10,33-34H2,1-6H3;1-2H2/b12-7-,18-8-,19-9-,40-11+,47-23+;. The average molecular weight is 725 g/mol. The van der Waals surface area contributed by atoms with Gasteiger partial charge in [0.2, 0.25) is 0 Å². The number of likely N-dealkylation sites (N-methyl/N-ethyl adjacent to an activating group) is 1. The summed E-state index contributed by atoms with van der Waals surface area (Å²) in [5.41, 5.74) is 13.0. The van der Waals surface area contributed by atoms with Crippen LogP contribution in [0.3, 0.4) is 0 Å². The molecule has 0 amide bonds. The number of aryl methyl sites for hydroxylation is 1. The lowest BCUT2D eigenvalue weighted by Gasteiger charge is -2.30. The molecule has 6 aromatic rings. The van der Waals surface area contributed by atoms with Gasteiger partial charge < -0.3 is 19.7 Å². The largest absolute Gasteiger partial charge is 0.340 e. The average Bonchev–Trinajstić information content (AvgIpc) is 3.56. The fraction of sp³-hybridized carbons (Fsp3) is 0.176. The van der Waals surface area contributed by atoms with Gasteiger partial charge in [-0.1, -0.05) is 91.9 Å². The van der Waals surface area contributed by atoms with Gasteiger partial charge in [-0.2, -0.15) is 0 Å². The molecule has 1 aromatic heterocycles. The SMILES string of the molecule is C/C=C\C=C(/c1ccc2c(c1)c1ccccc1n2C(/C=C\C)=C/C)N(CCNC)c1ccc(N(c2ccccc2)c2ccc(CC)c(/C=C\C)c2)cc1.C=C. The van der Waals surface area contributed by atoms with E-state index in [1.54, 1.807) is 0 Å². The Morgan fingerprint density at radius 2 is 1.36 bits per heavy atom. The maximum absolute atomic E-state index is 3.40. The van der Waals surface area contributed by atoms with Crippen molar-refractivity contribution in [1.29, 1.82) is 0 Å². The van der Waals surface area contributed by atoms with Crippen molar-refractivity contribution in [3.63, 3.8) is 0 Å². The van der Waals surface area contributed by atoms with Gasteiger partial charge in [0.1, 0.15) is 0 Å². The molecule has 0 saturated carbocycles. The van der Waals surface area contributed by atoms with Crippen LogP contribution in [0.5, 0.6) is 0 Å². The van der Waals surface area contributed by atoms with Gasteiger partial charge in [-0.15, -0.1) is 13.2 Å². The smallest absolute Gasteiger partial charge is 0.0541 e.